The Bertz CT molecular complexity index is 797. The van der Waals surface area contributed by atoms with Gasteiger partial charge in [-0.2, -0.15) is 0 Å². The molecular weight excluding hydrogens is 268 g/mol. The largest absolute Gasteiger partial charge is 0.481 e. The standard InChI is InChI=1S/C16H12N2O3/c19-15(20)9-11-4-3-5-12(8-11)21-16-13-6-1-2-7-14(13)17-10-18-16/h1-8,10H,9H2,(H,19,20). The molecule has 5 heteroatoms. The molecule has 3 aromatic rings. The number of hydrogen-bond acceptors (Lipinski definition) is 4. The first-order valence-corrected chi connectivity index (χ1v) is 6.41. The van der Waals surface area contributed by atoms with Crippen molar-refractivity contribution in [1.82, 2.24) is 9.97 Å². The van der Waals surface area contributed by atoms with Crippen LogP contribution in [0.3, 0.4) is 0 Å². The van der Waals surface area contributed by atoms with Gasteiger partial charge in [0.25, 0.3) is 0 Å². The highest BCUT2D eigenvalue weighted by molar-refractivity contribution is 5.83. The minimum absolute atomic E-state index is 0.0400. The summed E-state index contributed by atoms with van der Waals surface area (Å²) in [6.07, 6.45) is 1.40. The number of nitrogens with zero attached hydrogens (tertiary/aromatic N) is 2. The Morgan fingerprint density at radius 3 is 2.81 bits per heavy atom. The molecule has 0 aliphatic heterocycles. The lowest BCUT2D eigenvalue weighted by Gasteiger charge is -2.08. The summed E-state index contributed by atoms with van der Waals surface area (Å²) in [5.41, 5.74) is 1.47. The highest BCUT2D eigenvalue weighted by Gasteiger charge is 2.07. The lowest BCUT2D eigenvalue weighted by Crippen LogP contribution is -2.00. The van der Waals surface area contributed by atoms with Crippen molar-refractivity contribution in [3.63, 3.8) is 0 Å². The summed E-state index contributed by atoms with van der Waals surface area (Å²) in [4.78, 5) is 19.1. The molecule has 0 fully saturated rings. The quantitative estimate of drug-likeness (QED) is 0.795. The van der Waals surface area contributed by atoms with Gasteiger partial charge >= 0.3 is 5.97 Å². The first-order valence-electron chi connectivity index (χ1n) is 6.41. The number of aromatic nitrogens is 2. The number of benzene rings is 2. The third-order valence-electron chi connectivity index (χ3n) is 2.97. The van der Waals surface area contributed by atoms with Crippen LogP contribution in [0, 0.1) is 0 Å². The van der Waals surface area contributed by atoms with Gasteiger partial charge in [-0.05, 0) is 29.8 Å². The summed E-state index contributed by atoms with van der Waals surface area (Å²) in [5.74, 6) is 0.130. The van der Waals surface area contributed by atoms with Crippen LogP contribution in [-0.2, 0) is 11.2 Å². The topological polar surface area (TPSA) is 72.3 Å². The van der Waals surface area contributed by atoms with Gasteiger partial charge in [0.1, 0.15) is 12.1 Å². The van der Waals surface area contributed by atoms with Crippen LogP contribution < -0.4 is 4.74 Å². The molecule has 0 aliphatic rings. The fourth-order valence-corrected chi connectivity index (χ4v) is 2.07. The van der Waals surface area contributed by atoms with Crippen molar-refractivity contribution < 1.29 is 14.6 Å². The fraction of sp³-hybridized carbons (Fsp3) is 0.0625. The average molecular weight is 280 g/mol. The second kappa shape index (κ2) is 5.58. The Kier molecular flexibility index (Phi) is 3.47. The van der Waals surface area contributed by atoms with E-state index in [0.717, 1.165) is 10.9 Å². The first-order chi connectivity index (χ1) is 10.2. The summed E-state index contributed by atoms with van der Waals surface area (Å²) in [5, 5.41) is 9.64. The van der Waals surface area contributed by atoms with Crippen molar-refractivity contribution in [1.29, 1.82) is 0 Å². The molecule has 104 valence electrons. The Labute approximate surface area is 120 Å². The Balaban J connectivity index is 1.93. The zero-order chi connectivity index (χ0) is 14.7. The molecule has 21 heavy (non-hydrogen) atoms. The monoisotopic (exact) mass is 280 g/mol. The summed E-state index contributed by atoms with van der Waals surface area (Å²) in [6.45, 7) is 0. The van der Waals surface area contributed by atoms with Crippen LogP contribution in [0.1, 0.15) is 5.56 Å². The molecular formula is C16H12N2O3. The molecule has 0 unspecified atom stereocenters. The van der Waals surface area contributed by atoms with Gasteiger partial charge in [-0.15, -0.1) is 0 Å². The Hall–Kier alpha value is -2.95. The maximum Gasteiger partial charge on any atom is 0.307 e. The normalized spacial score (nSPS) is 10.5. The fourth-order valence-electron chi connectivity index (χ4n) is 2.07. The molecule has 0 saturated carbocycles. The van der Waals surface area contributed by atoms with E-state index in [9.17, 15) is 4.79 Å². The Morgan fingerprint density at radius 1 is 1.10 bits per heavy atom. The van der Waals surface area contributed by atoms with Crippen molar-refractivity contribution >= 4 is 16.9 Å². The molecule has 2 aromatic carbocycles. The predicted octanol–water partition coefficient (Wildman–Crippen LogP) is 3.05. The van der Waals surface area contributed by atoms with E-state index in [1.54, 1.807) is 24.3 Å². The van der Waals surface area contributed by atoms with Crippen LogP contribution in [0.5, 0.6) is 11.6 Å². The van der Waals surface area contributed by atoms with Crippen LogP contribution in [0.15, 0.2) is 54.9 Å². The predicted molar refractivity (Wildman–Crippen MR) is 77.4 cm³/mol. The smallest absolute Gasteiger partial charge is 0.307 e. The average Bonchev–Trinajstić information content (AvgIpc) is 2.47. The molecule has 0 radical (unpaired) electrons. The number of para-hydroxylation sites is 1. The van der Waals surface area contributed by atoms with Crippen molar-refractivity contribution in [2.24, 2.45) is 0 Å². The van der Waals surface area contributed by atoms with Gasteiger partial charge in [-0.3, -0.25) is 4.79 Å². The van der Waals surface area contributed by atoms with Gasteiger partial charge in [0.05, 0.1) is 17.3 Å². The van der Waals surface area contributed by atoms with Gasteiger partial charge in [0, 0.05) is 0 Å². The first kappa shape index (κ1) is 13.1. The van der Waals surface area contributed by atoms with Crippen LogP contribution in [-0.4, -0.2) is 21.0 Å². The van der Waals surface area contributed by atoms with Crippen molar-refractivity contribution in [2.45, 2.75) is 6.42 Å². The number of carbonyl (C=O) groups is 1. The molecule has 0 saturated heterocycles. The highest BCUT2D eigenvalue weighted by Crippen LogP contribution is 2.26. The minimum Gasteiger partial charge on any atom is -0.481 e. The number of hydrogen-bond donors (Lipinski definition) is 1. The van der Waals surface area contributed by atoms with E-state index in [2.05, 4.69) is 9.97 Å². The van der Waals surface area contributed by atoms with Gasteiger partial charge in [0.15, 0.2) is 0 Å². The van der Waals surface area contributed by atoms with E-state index in [1.807, 2.05) is 24.3 Å². The van der Waals surface area contributed by atoms with Crippen LogP contribution in [0.2, 0.25) is 0 Å². The number of fused-ring (bicyclic) bond motifs is 1. The molecule has 0 aliphatic carbocycles. The number of aliphatic carboxylic acids is 1. The third-order valence-corrected chi connectivity index (χ3v) is 2.97. The summed E-state index contributed by atoms with van der Waals surface area (Å²) >= 11 is 0. The molecule has 1 N–H and O–H groups in total. The van der Waals surface area contributed by atoms with E-state index in [0.29, 0.717) is 17.2 Å². The number of ether oxygens (including phenoxy) is 1. The third kappa shape index (κ3) is 2.97. The molecule has 0 bridgehead atoms. The van der Waals surface area contributed by atoms with E-state index in [4.69, 9.17) is 9.84 Å². The van der Waals surface area contributed by atoms with Gasteiger partial charge in [-0.25, -0.2) is 9.97 Å². The maximum absolute atomic E-state index is 10.8. The summed E-state index contributed by atoms with van der Waals surface area (Å²) < 4.78 is 5.77. The number of rotatable bonds is 4. The molecule has 1 heterocycles. The van der Waals surface area contributed by atoms with Crippen LogP contribution in [0.4, 0.5) is 0 Å². The minimum atomic E-state index is -0.875. The lowest BCUT2D eigenvalue weighted by atomic mass is 10.1. The molecule has 3 rings (SSSR count). The zero-order valence-corrected chi connectivity index (χ0v) is 11.1. The van der Waals surface area contributed by atoms with E-state index >= 15 is 0 Å². The van der Waals surface area contributed by atoms with E-state index in [-0.39, 0.29) is 6.42 Å². The Morgan fingerprint density at radius 2 is 1.95 bits per heavy atom. The molecule has 0 spiro atoms. The van der Waals surface area contributed by atoms with Crippen molar-refractivity contribution in [3.05, 3.63) is 60.4 Å². The molecule has 0 atom stereocenters. The SMILES string of the molecule is O=C(O)Cc1cccc(Oc2ncnc3ccccc23)c1. The second-order valence-electron chi connectivity index (χ2n) is 4.52. The molecule has 5 nitrogen and oxygen atoms in total. The number of carboxylic acids is 1. The van der Waals surface area contributed by atoms with E-state index < -0.39 is 5.97 Å². The summed E-state index contributed by atoms with van der Waals surface area (Å²) in [6, 6.07) is 14.5. The van der Waals surface area contributed by atoms with Crippen molar-refractivity contribution in [2.75, 3.05) is 0 Å². The van der Waals surface area contributed by atoms with Gasteiger partial charge in [0.2, 0.25) is 5.88 Å². The lowest BCUT2D eigenvalue weighted by molar-refractivity contribution is -0.136. The van der Waals surface area contributed by atoms with E-state index in [1.165, 1.54) is 6.33 Å². The van der Waals surface area contributed by atoms with Crippen LogP contribution >= 0.6 is 0 Å². The van der Waals surface area contributed by atoms with Gasteiger partial charge < -0.3 is 9.84 Å². The van der Waals surface area contributed by atoms with Gasteiger partial charge in [-0.1, -0.05) is 24.3 Å². The number of carboxylic acid groups (broad SMARTS) is 1. The zero-order valence-electron chi connectivity index (χ0n) is 11.1. The highest BCUT2D eigenvalue weighted by atomic mass is 16.5. The molecule has 0 amide bonds. The maximum atomic E-state index is 10.8. The summed E-state index contributed by atoms with van der Waals surface area (Å²) in [7, 11) is 0. The van der Waals surface area contributed by atoms with Crippen molar-refractivity contribution in [3.8, 4) is 11.6 Å². The second-order valence-corrected chi connectivity index (χ2v) is 4.52. The van der Waals surface area contributed by atoms with Crippen LogP contribution in [0.25, 0.3) is 10.9 Å². The molecule has 1 aromatic heterocycles.